The van der Waals surface area contributed by atoms with Gasteiger partial charge in [0.25, 0.3) is 5.91 Å². The lowest BCUT2D eigenvalue weighted by Crippen LogP contribution is -2.52. The summed E-state index contributed by atoms with van der Waals surface area (Å²) in [6, 6.07) is 14.3. The quantitative estimate of drug-likeness (QED) is 0.723. The maximum atomic E-state index is 13.1. The first-order valence-electron chi connectivity index (χ1n) is 9.54. The van der Waals surface area contributed by atoms with E-state index < -0.39 is 0 Å². The molecule has 3 aromatic rings. The van der Waals surface area contributed by atoms with Gasteiger partial charge in [0.05, 0.1) is 24.3 Å². The van der Waals surface area contributed by atoms with E-state index in [2.05, 4.69) is 35.1 Å². The molecule has 0 radical (unpaired) electrons. The Morgan fingerprint density at radius 2 is 1.85 bits per heavy atom. The fraction of sp³-hybridized carbons (Fsp3) is 0.364. The SMILES string of the molecule is CC(NC(=O)c1cc2ccccc2c2cccnc12)C(C)N1CCOCC1. The average molecular weight is 363 g/mol. The normalized spacial score (nSPS) is 17.7. The van der Waals surface area contributed by atoms with Crippen LogP contribution >= 0.6 is 0 Å². The number of aromatic nitrogens is 1. The molecular weight excluding hydrogens is 338 g/mol. The Bertz CT molecular complexity index is 966. The number of hydrogen-bond donors (Lipinski definition) is 1. The van der Waals surface area contributed by atoms with E-state index in [9.17, 15) is 4.79 Å². The first kappa shape index (κ1) is 17.9. The summed E-state index contributed by atoms with van der Waals surface area (Å²) in [5.74, 6) is -0.0722. The minimum Gasteiger partial charge on any atom is -0.379 e. The first-order valence-corrected chi connectivity index (χ1v) is 9.54. The second kappa shape index (κ2) is 7.62. The molecule has 4 rings (SSSR count). The van der Waals surface area contributed by atoms with Gasteiger partial charge in [-0.15, -0.1) is 0 Å². The van der Waals surface area contributed by atoms with Crippen molar-refractivity contribution in [1.29, 1.82) is 0 Å². The first-order chi connectivity index (χ1) is 13.1. The molecular formula is C22H25N3O2. The zero-order valence-electron chi connectivity index (χ0n) is 15.8. The zero-order chi connectivity index (χ0) is 18.8. The summed E-state index contributed by atoms with van der Waals surface area (Å²) in [6.45, 7) is 7.54. The number of benzene rings is 2. The maximum absolute atomic E-state index is 13.1. The van der Waals surface area contributed by atoms with E-state index in [1.54, 1.807) is 6.20 Å². The predicted molar refractivity (Wildman–Crippen MR) is 108 cm³/mol. The van der Waals surface area contributed by atoms with Crippen LogP contribution < -0.4 is 5.32 Å². The molecule has 5 nitrogen and oxygen atoms in total. The number of carbonyl (C=O) groups excluding carboxylic acids is 1. The Hall–Kier alpha value is -2.50. The van der Waals surface area contributed by atoms with Gasteiger partial charge >= 0.3 is 0 Å². The molecule has 1 amide bonds. The van der Waals surface area contributed by atoms with Crippen LogP contribution in [0.5, 0.6) is 0 Å². The van der Waals surface area contributed by atoms with Crippen LogP contribution in [0.4, 0.5) is 0 Å². The van der Waals surface area contributed by atoms with Crippen LogP contribution in [0.3, 0.4) is 0 Å². The Morgan fingerprint density at radius 3 is 2.67 bits per heavy atom. The number of nitrogens with one attached hydrogen (secondary N) is 1. The number of fused-ring (bicyclic) bond motifs is 3. The summed E-state index contributed by atoms with van der Waals surface area (Å²) in [5.41, 5.74) is 1.38. The molecule has 140 valence electrons. The summed E-state index contributed by atoms with van der Waals surface area (Å²) in [7, 11) is 0. The van der Waals surface area contributed by atoms with Crippen molar-refractivity contribution in [3.8, 4) is 0 Å². The van der Waals surface area contributed by atoms with E-state index in [1.165, 1.54) is 0 Å². The lowest BCUT2D eigenvalue weighted by Gasteiger charge is -2.35. The molecule has 1 aromatic heterocycles. The molecule has 0 spiro atoms. The molecule has 1 fully saturated rings. The number of rotatable bonds is 4. The highest BCUT2D eigenvalue weighted by Gasteiger charge is 2.24. The Labute approximate surface area is 159 Å². The van der Waals surface area contributed by atoms with Gasteiger partial charge in [-0.1, -0.05) is 30.3 Å². The third-order valence-corrected chi connectivity index (χ3v) is 5.56. The van der Waals surface area contributed by atoms with Crippen LogP contribution in [-0.4, -0.2) is 54.2 Å². The lowest BCUT2D eigenvalue weighted by atomic mass is 10.00. The Balaban J connectivity index is 1.63. The number of morpholine rings is 1. The van der Waals surface area contributed by atoms with Crippen LogP contribution in [0.2, 0.25) is 0 Å². The van der Waals surface area contributed by atoms with Crippen LogP contribution in [0, 0.1) is 0 Å². The minimum atomic E-state index is -0.0722. The summed E-state index contributed by atoms with van der Waals surface area (Å²) in [6.07, 6.45) is 1.74. The van der Waals surface area contributed by atoms with E-state index >= 15 is 0 Å². The standard InChI is InChI=1S/C22H25N3O2/c1-15(16(2)25-10-12-27-13-11-25)24-22(26)20-14-17-6-3-4-7-18(17)19-8-5-9-23-21(19)20/h3-9,14-16H,10-13H2,1-2H3,(H,24,26). The number of carbonyl (C=O) groups is 1. The molecule has 1 saturated heterocycles. The lowest BCUT2D eigenvalue weighted by molar-refractivity contribution is 0.0137. The number of amides is 1. The zero-order valence-corrected chi connectivity index (χ0v) is 15.8. The van der Waals surface area contributed by atoms with E-state index in [0.717, 1.165) is 48.0 Å². The van der Waals surface area contributed by atoms with Crippen molar-refractivity contribution in [2.75, 3.05) is 26.3 Å². The van der Waals surface area contributed by atoms with Crippen LogP contribution in [0.15, 0.2) is 48.7 Å². The topological polar surface area (TPSA) is 54.5 Å². The van der Waals surface area contributed by atoms with E-state index in [4.69, 9.17) is 4.74 Å². The van der Waals surface area contributed by atoms with Crippen molar-refractivity contribution in [3.63, 3.8) is 0 Å². The highest BCUT2D eigenvalue weighted by molar-refractivity contribution is 6.15. The summed E-state index contributed by atoms with van der Waals surface area (Å²) >= 11 is 0. The minimum absolute atomic E-state index is 0.0285. The molecule has 2 heterocycles. The fourth-order valence-corrected chi connectivity index (χ4v) is 3.81. The number of pyridine rings is 1. The summed E-state index contributed by atoms with van der Waals surface area (Å²) < 4.78 is 5.43. The molecule has 2 aromatic carbocycles. The van der Waals surface area contributed by atoms with Crippen LogP contribution in [-0.2, 0) is 4.74 Å². The van der Waals surface area contributed by atoms with Gasteiger partial charge in [0, 0.05) is 36.8 Å². The molecule has 5 heteroatoms. The van der Waals surface area contributed by atoms with Gasteiger partial charge < -0.3 is 10.1 Å². The molecule has 0 saturated carbocycles. The maximum Gasteiger partial charge on any atom is 0.253 e. The smallest absolute Gasteiger partial charge is 0.253 e. The molecule has 0 bridgehead atoms. The average Bonchev–Trinajstić information content (AvgIpc) is 2.73. The van der Waals surface area contributed by atoms with Gasteiger partial charge in [-0.2, -0.15) is 0 Å². The van der Waals surface area contributed by atoms with Gasteiger partial charge in [-0.3, -0.25) is 14.7 Å². The van der Waals surface area contributed by atoms with Gasteiger partial charge in [0.15, 0.2) is 0 Å². The number of nitrogens with zero attached hydrogens (tertiary/aromatic N) is 2. The van der Waals surface area contributed by atoms with Gasteiger partial charge in [0.2, 0.25) is 0 Å². The molecule has 1 aliphatic rings. The molecule has 27 heavy (non-hydrogen) atoms. The van der Waals surface area contributed by atoms with Crippen LogP contribution in [0.25, 0.3) is 21.7 Å². The van der Waals surface area contributed by atoms with Crippen molar-refractivity contribution in [2.24, 2.45) is 0 Å². The fourth-order valence-electron chi connectivity index (χ4n) is 3.81. The number of hydrogen-bond acceptors (Lipinski definition) is 4. The largest absolute Gasteiger partial charge is 0.379 e. The molecule has 2 unspecified atom stereocenters. The predicted octanol–water partition coefficient (Wildman–Crippen LogP) is 3.23. The summed E-state index contributed by atoms with van der Waals surface area (Å²) in [4.78, 5) is 20.0. The van der Waals surface area contributed by atoms with Crippen molar-refractivity contribution < 1.29 is 9.53 Å². The molecule has 0 aliphatic carbocycles. The van der Waals surface area contributed by atoms with E-state index in [1.807, 2.05) is 36.4 Å². The molecule has 1 aliphatic heterocycles. The third-order valence-electron chi connectivity index (χ3n) is 5.56. The third kappa shape index (κ3) is 3.53. The second-order valence-electron chi connectivity index (χ2n) is 7.20. The summed E-state index contributed by atoms with van der Waals surface area (Å²) in [5, 5.41) is 6.37. The van der Waals surface area contributed by atoms with Crippen molar-refractivity contribution >= 4 is 27.6 Å². The van der Waals surface area contributed by atoms with Crippen molar-refractivity contribution in [3.05, 3.63) is 54.2 Å². The van der Waals surface area contributed by atoms with E-state index in [-0.39, 0.29) is 18.0 Å². The Morgan fingerprint density at radius 1 is 1.11 bits per heavy atom. The highest BCUT2D eigenvalue weighted by Crippen LogP contribution is 2.27. The van der Waals surface area contributed by atoms with Crippen molar-refractivity contribution in [1.82, 2.24) is 15.2 Å². The monoisotopic (exact) mass is 363 g/mol. The Kier molecular flexibility index (Phi) is 5.05. The molecule has 2 atom stereocenters. The van der Waals surface area contributed by atoms with Gasteiger partial charge in [-0.25, -0.2) is 0 Å². The van der Waals surface area contributed by atoms with Crippen LogP contribution in [0.1, 0.15) is 24.2 Å². The van der Waals surface area contributed by atoms with Gasteiger partial charge in [0.1, 0.15) is 0 Å². The van der Waals surface area contributed by atoms with Gasteiger partial charge in [-0.05, 0) is 36.8 Å². The number of ether oxygens (including phenoxy) is 1. The molecule has 1 N–H and O–H groups in total. The highest BCUT2D eigenvalue weighted by atomic mass is 16.5. The van der Waals surface area contributed by atoms with E-state index in [0.29, 0.717) is 5.56 Å². The second-order valence-corrected chi connectivity index (χ2v) is 7.20. The van der Waals surface area contributed by atoms with Crippen molar-refractivity contribution in [2.45, 2.75) is 25.9 Å².